The van der Waals surface area contributed by atoms with Gasteiger partial charge in [0.05, 0.1) is 0 Å². The topological polar surface area (TPSA) is 12.0 Å². The van der Waals surface area contributed by atoms with E-state index in [1.54, 1.807) is 0 Å². The van der Waals surface area contributed by atoms with E-state index in [4.69, 9.17) is 0 Å². The molecule has 0 aliphatic carbocycles. The van der Waals surface area contributed by atoms with Crippen molar-refractivity contribution in [3.05, 3.63) is 33.3 Å². The van der Waals surface area contributed by atoms with Gasteiger partial charge in [-0.1, -0.05) is 35.0 Å². The largest absolute Gasteiger partial charge is 0.313 e. The molecule has 0 heterocycles. The van der Waals surface area contributed by atoms with Crippen LogP contribution in [0.5, 0.6) is 0 Å². The van der Waals surface area contributed by atoms with E-state index in [2.05, 4.69) is 54.2 Å². The van der Waals surface area contributed by atoms with Gasteiger partial charge in [0, 0.05) is 11.0 Å². The Morgan fingerprint density at radius 3 is 2.64 bits per heavy atom. The molecule has 0 bridgehead atoms. The molecule has 1 aromatic rings. The van der Waals surface area contributed by atoms with Gasteiger partial charge in [-0.05, 0) is 43.5 Å². The highest BCUT2D eigenvalue weighted by Crippen LogP contribution is 2.23. The van der Waals surface area contributed by atoms with Crippen LogP contribution in [0.4, 0.5) is 0 Å². The van der Waals surface area contributed by atoms with Crippen LogP contribution in [-0.4, -0.2) is 6.54 Å². The summed E-state index contributed by atoms with van der Waals surface area (Å²) in [6, 6.07) is 4.37. The summed E-state index contributed by atoms with van der Waals surface area (Å²) in [4.78, 5) is 0. The molecule has 0 aliphatic rings. The number of aryl methyl sites for hydroxylation is 1. The first-order valence-corrected chi connectivity index (χ1v) is 5.91. The van der Waals surface area contributed by atoms with Crippen molar-refractivity contribution >= 4 is 15.9 Å². The smallest absolute Gasteiger partial charge is 0.0236 e. The van der Waals surface area contributed by atoms with Gasteiger partial charge >= 0.3 is 0 Å². The van der Waals surface area contributed by atoms with E-state index in [9.17, 15) is 0 Å². The Morgan fingerprint density at radius 2 is 2.00 bits per heavy atom. The lowest BCUT2D eigenvalue weighted by Crippen LogP contribution is -2.14. The Morgan fingerprint density at radius 1 is 1.29 bits per heavy atom. The van der Waals surface area contributed by atoms with E-state index in [-0.39, 0.29) is 0 Å². The normalized spacial score (nSPS) is 10.6. The van der Waals surface area contributed by atoms with Gasteiger partial charge in [-0.2, -0.15) is 0 Å². The quantitative estimate of drug-likeness (QED) is 0.812. The van der Waals surface area contributed by atoms with Crippen LogP contribution in [-0.2, 0) is 6.54 Å². The van der Waals surface area contributed by atoms with Crippen molar-refractivity contribution in [3.8, 4) is 0 Å². The predicted octanol–water partition coefficient (Wildman–Crippen LogP) is 3.57. The summed E-state index contributed by atoms with van der Waals surface area (Å²) in [6.45, 7) is 8.54. The summed E-state index contributed by atoms with van der Waals surface area (Å²) in [5, 5.41) is 3.42. The average Bonchev–Trinajstić information content (AvgIpc) is 2.18. The van der Waals surface area contributed by atoms with Crippen molar-refractivity contribution in [1.82, 2.24) is 5.32 Å². The van der Waals surface area contributed by atoms with Gasteiger partial charge in [-0.3, -0.25) is 0 Å². The standard InChI is InChI=1S/C12H18BrN/c1-4-7-14-8-11-6-5-9(2)12(13)10(11)3/h5-6,14H,4,7-8H2,1-3H3. The van der Waals surface area contributed by atoms with Crippen LogP contribution >= 0.6 is 15.9 Å². The third-order valence-corrected chi connectivity index (χ3v) is 3.65. The lowest BCUT2D eigenvalue weighted by Gasteiger charge is -2.10. The number of hydrogen-bond acceptors (Lipinski definition) is 1. The molecule has 0 atom stereocenters. The van der Waals surface area contributed by atoms with Crippen molar-refractivity contribution in [2.75, 3.05) is 6.54 Å². The number of nitrogens with one attached hydrogen (secondary N) is 1. The molecule has 0 amide bonds. The lowest BCUT2D eigenvalue weighted by molar-refractivity contribution is 0.673. The van der Waals surface area contributed by atoms with Crippen LogP contribution in [0.25, 0.3) is 0 Å². The Bertz CT molecular complexity index is 307. The van der Waals surface area contributed by atoms with Gasteiger partial charge in [-0.25, -0.2) is 0 Å². The van der Waals surface area contributed by atoms with Gasteiger partial charge in [0.25, 0.3) is 0 Å². The molecular weight excluding hydrogens is 238 g/mol. The first kappa shape index (κ1) is 11.7. The number of benzene rings is 1. The van der Waals surface area contributed by atoms with Crippen molar-refractivity contribution in [1.29, 1.82) is 0 Å². The van der Waals surface area contributed by atoms with Gasteiger partial charge in [0.1, 0.15) is 0 Å². The van der Waals surface area contributed by atoms with Crippen LogP contribution in [0.2, 0.25) is 0 Å². The van der Waals surface area contributed by atoms with Crippen molar-refractivity contribution in [2.45, 2.75) is 33.7 Å². The number of halogens is 1. The van der Waals surface area contributed by atoms with Crippen molar-refractivity contribution in [3.63, 3.8) is 0 Å². The number of hydrogen-bond donors (Lipinski definition) is 1. The number of rotatable bonds is 4. The van der Waals surface area contributed by atoms with Crippen LogP contribution in [0.3, 0.4) is 0 Å². The first-order valence-electron chi connectivity index (χ1n) is 5.12. The van der Waals surface area contributed by atoms with Crippen LogP contribution in [0, 0.1) is 13.8 Å². The molecule has 2 heteroatoms. The highest BCUT2D eigenvalue weighted by atomic mass is 79.9. The Labute approximate surface area is 95.0 Å². The van der Waals surface area contributed by atoms with Crippen LogP contribution in [0.1, 0.15) is 30.0 Å². The second-order valence-electron chi connectivity index (χ2n) is 3.66. The monoisotopic (exact) mass is 255 g/mol. The minimum atomic E-state index is 0.971. The summed E-state index contributed by atoms with van der Waals surface area (Å²) in [5.41, 5.74) is 4.05. The van der Waals surface area contributed by atoms with E-state index in [0.717, 1.165) is 13.1 Å². The Balaban J connectivity index is 2.73. The van der Waals surface area contributed by atoms with E-state index < -0.39 is 0 Å². The van der Waals surface area contributed by atoms with Gasteiger partial charge < -0.3 is 5.32 Å². The third kappa shape index (κ3) is 2.82. The molecule has 78 valence electrons. The summed E-state index contributed by atoms with van der Waals surface area (Å²) in [5.74, 6) is 0. The van der Waals surface area contributed by atoms with Gasteiger partial charge in [0.15, 0.2) is 0 Å². The van der Waals surface area contributed by atoms with Crippen molar-refractivity contribution in [2.24, 2.45) is 0 Å². The summed E-state index contributed by atoms with van der Waals surface area (Å²) in [6.07, 6.45) is 1.19. The summed E-state index contributed by atoms with van der Waals surface area (Å²) < 4.78 is 1.24. The molecule has 1 nitrogen and oxygen atoms in total. The Kier molecular flexibility index (Phi) is 4.63. The molecule has 0 radical (unpaired) electrons. The molecule has 0 spiro atoms. The fraction of sp³-hybridized carbons (Fsp3) is 0.500. The van der Waals surface area contributed by atoms with E-state index in [0.29, 0.717) is 0 Å². The SMILES string of the molecule is CCCNCc1ccc(C)c(Br)c1C. The van der Waals surface area contributed by atoms with E-state index in [1.165, 1.54) is 27.6 Å². The molecule has 1 aromatic carbocycles. The maximum absolute atomic E-state index is 3.61. The zero-order valence-corrected chi connectivity index (χ0v) is 10.7. The fourth-order valence-corrected chi connectivity index (χ4v) is 1.84. The molecule has 0 unspecified atom stereocenters. The minimum absolute atomic E-state index is 0.971. The molecular formula is C12H18BrN. The van der Waals surface area contributed by atoms with Crippen LogP contribution < -0.4 is 5.32 Å². The lowest BCUT2D eigenvalue weighted by atomic mass is 10.1. The average molecular weight is 256 g/mol. The van der Waals surface area contributed by atoms with Gasteiger partial charge in [-0.15, -0.1) is 0 Å². The summed E-state index contributed by atoms with van der Waals surface area (Å²) >= 11 is 3.61. The molecule has 1 rings (SSSR count). The van der Waals surface area contributed by atoms with Crippen LogP contribution in [0.15, 0.2) is 16.6 Å². The highest BCUT2D eigenvalue weighted by Gasteiger charge is 2.03. The molecule has 14 heavy (non-hydrogen) atoms. The molecule has 0 saturated heterocycles. The Hall–Kier alpha value is -0.340. The minimum Gasteiger partial charge on any atom is -0.313 e. The van der Waals surface area contributed by atoms with E-state index in [1.807, 2.05) is 0 Å². The molecule has 0 aromatic heterocycles. The fourth-order valence-electron chi connectivity index (χ4n) is 1.45. The summed E-state index contributed by atoms with van der Waals surface area (Å²) in [7, 11) is 0. The molecule has 1 N–H and O–H groups in total. The highest BCUT2D eigenvalue weighted by molar-refractivity contribution is 9.10. The van der Waals surface area contributed by atoms with E-state index >= 15 is 0 Å². The zero-order valence-electron chi connectivity index (χ0n) is 9.15. The van der Waals surface area contributed by atoms with Gasteiger partial charge in [0.2, 0.25) is 0 Å². The maximum Gasteiger partial charge on any atom is 0.0236 e. The molecule has 0 saturated carbocycles. The molecule has 0 aliphatic heterocycles. The van der Waals surface area contributed by atoms with Crippen molar-refractivity contribution < 1.29 is 0 Å². The first-order chi connectivity index (χ1) is 6.66. The second kappa shape index (κ2) is 5.52. The zero-order chi connectivity index (χ0) is 10.6. The predicted molar refractivity (Wildman–Crippen MR) is 65.6 cm³/mol. The maximum atomic E-state index is 3.61. The molecule has 0 fully saturated rings. The third-order valence-electron chi connectivity index (χ3n) is 2.43. The second-order valence-corrected chi connectivity index (χ2v) is 4.45.